The molecule has 1 amide bonds. The number of nitrogens with one attached hydrogen (secondary N) is 1. The molecule has 0 atom stereocenters. The van der Waals surface area contributed by atoms with Crippen molar-refractivity contribution in [2.75, 3.05) is 12.3 Å². The standard InChI is InChI=1S/C24H26FN3O2S2/c1-2-14-28-23(30)21-18-6-4-3-5-7-19(18)32-22(21)27-24(28)31-15-20(29)26-13-12-16-8-10-17(25)11-9-16/h2,8-11H,1,3-7,12-15H2,(H,26,29). The van der Waals surface area contributed by atoms with Crippen molar-refractivity contribution in [3.63, 3.8) is 0 Å². The first-order valence-electron chi connectivity index (χ1n) is 10.9. The number of aryl methyl sites for hydroxylation is 2. The van der Waals surface area contributed by atoms with Crippen LogP contribution in [0.1, 0.15) is 35.3 Å². The van der Waals surface area contributed by atoms with Gasteiger partial charge in [-0.2, -0.15) is 0 Å². The fourth-order valence-corrected chi connectivity index (χ4v) is 6.12. The molecule has 0 fully saturated rings. The van der Waals surface area contributed by atoms with Crippen LogP contribution >= 0.6 is 23.1 Å². The number of halogens is 1. The lowest BCUT2D eigenvalue weighted by Gasteiger charge is -2.11. The third-order valence-corrected chi connectivity index (χ3v) is 7.75. The maximum absolute atomic E-state index is 13.3. The largest absolute Gasteiger partial charge is 0.355 e. The predicted octanol–water partition coefficient (Wildman–Crippen LogP) is 4.50. The van der Waals surface area contributed by atoms with Crippen LogP contribution in [0.3, 0.4) is 0 Å². The molecule has 2 heterocycles. The average Bonchev–Trinajstić information content (AvgIpc) is 2.97. The third kappa shape index (κ3) is 5.13. The molecule has 32 heavy (non-hydrogen) atoms. The SMILES string of the molecule is C=CCn1c(SCC(=O)NCCc2ccc(F)cc2)nc2sc3c(c2c1=O)CCCCC3. The molecule has 1 aliphatic rings. The van der Waals surface area contributed by atoms with E-state index in [2.05, 4.69) is 11.9 Å². The van der Waals surface area contributed by atoms with Crippen LogP contribution in [0.15, 0.2) is 46.9 Å². The Morgan fingerprint density at radius 1 is 1.25 bits per heavy atom. The Morgan fingerprint density at radius 3 is 2.81 bits per heavy atom. The molecular weight excluding hydrogens is 445 g/mol. The summed E-state index contributed by atoms with van der Waals surface area (Å²) in [5.74, 6) is -0.228. The summed E-state index contributed by atoms with van der Waals surface area (Å²) in [5, 5.41) is 4.18. The molecular formula is C24H26FN3O2S2. The fourth-order valence-electron chi connectivity index (χ4n) is 3.98. The average molecular weight is 472 g/mol. The molecule has 0 spiro atoms. The number of benzene rings is 1. The van der Waals surface area contributed by atoms with Crippen LogP contribution < -0.4 is 10.9 Å². The van der Waals surface area contributed by atoms with Gasteiger partial charge in [-0.1, -0.05) is 36.4 Å². The number of rotatable bonds is 8. The quantitative estimate of drug-likeness (QED) is 0.227. The highest BCUT2D eigenvalue weighted by molar-refractivity contribution is 7.99. The maximum Gasteiger partial charge on any atom is 0.263 e. The second-order valence-electron chi connectivity index (χ2n) is 7.86. The van der Waals surface area contributed by atoms with Crippen molar-refractivity contribution in [3.8, 4) is 0 Å². The minimum absolute atomic E-state index is 0.0338. The molecule has 1 aliphatic carbocycles. The number of carbonyl (C=O) groups is 1. The number of nitrogens with zero attached hydrogens (tertiary/aromatic N) is 2. The van der Waals surface area contributed by atoms with Crippen molar-refractivity contribution in [1.29, 1.82) is 0 Å². The van der Waals surface area contributed by atoms with Gasteiger partial charge in [-0.25, -0.2) is 9.37 Å². The Hall–Kier alpha value is -2.45. The Kier molecular flexibility index (Phi) is 7.42. The van der Waals surface area contributed by atoms with Gasteiger partial charge in [-0.05, 0) is 55.4 Å². The molecule has 168 valence electrons. The molecule has 4 rings (SSSR count). The van der Waals surface area contributed by atoms with E-state index in [4.69, 9.17) is 4.98 Å². The fraction of sp³-hybridized carbons (Fsp3) is 0.375. The molecule has 0 radical (unpaired) electrons. The molecule has 0 unspecified atom stereocenters. The van der Waals surface area contributed by atoms with Crippen molar-refractivity contribution in [2.45, 2.75) is 50.2 Å². The van der Waals surface area contributed by atoms with E-state index in [9.17, 15) is 14.0 Å². The van der Waals surface area contributed by atoms with Gasteiger partial charge in [0.25, 0.3) is 5.56 Å². The van der Waals surface area contributed by atoms with Crippen molar-refractivity contribution in [2.24, 2.45) is 0 Å². The zero-order valence-electron chi connectivity index (χ0n) is 17.9. The van der Waals surface area contributed by atoms with E-state index >= 15 is 0 Å². The maximum atomic E-state index is 13.3. The van der Waals surface area contributed by atoms with E-state index in [1.54, 1.807) is 34.1 Å². The normalized spacial score (nSPS) is 13.5. The Morgan fingerprint density at radius 2 is 2.03 bits per heavy atom. The van der Waals surface area contributed by atoms with Gasteiger partial charge >= 0.3 is 0 Å². The minimum Gasteiger partial charge on any atom is -0.355 e. The number of fused-ring (bicyclic) bond motifs is 3. The second-order valence-corrected chi connectivity index (χ2v) is 9.88. The van der Waals surface area contributed by atoms with Gasteiger partial charge < -0.3 is 5.32 Å². The molecule has 0 saturated heterocycles. The molecule has 3 aromatic rings. The van der Waals surface area contributed by atoms with Crippen LogP contribution in [0, 0.1) is 5.82 Å². The first-order valence-corrected chi connectivity index (χ1v) is 12.7. The summed E-state index contributed by atoms with van der Waals surface area (Å²) in [4.78, 5) is 32.5. The Labute approximate surface area is 194 Å². The smallest absolute Gasteiger partial charge is 0.263 e. The highest BCUT2D eigenvalue weighted by atomic mass is 32.2. The highest BCUT2D eigenvalue weighted by Crippen LogP contribution is 2.34. The zero-order chi connectivity index (χ0) is 22.5. The van der Waals surface area contributed by atoms with Crippen LogP contribution in [0.5, 0.6) is 0 Å². The lowest BCUT2D eigenvalue weighted by molar-refractivity contribution is -0.118. The monoisotopic (exact) mass is 471 g/mol. The number of hydrogen-bond acceptors (Lipinski definition) is 5. The summed E-state index contributed by atoms with van der Waals surface area (Å²) < 4.78 is 14.6. The predicted molar refractivity (Wildman–Crippen MR) is 129 cm³/mol. The minimum atomic E-state index is -0.272. The molecule has 5 nitrogen and oxygen atoms in total. The Balaban J connectivity index is 1.46. The van der Waals surface area contributed by atoms with E-state index in [1.165, 1.54) is 40.8 Å². The molecule has 0 bridgehead atoms. The highest BCUT2D eigenvalue weighted by Gasteiger charge is 2.21. The number of amides is 1. The number of aromatic nitrogens is 2. The summed E-state index contributed by atoms with van der Waals surface area (Å²) in [6.07, 6.45) is 7.71. The lowest BCUT2D eigenvalue weighted by atomic mass is 10.1. The molecule has 1 N–H and O–H groups in total. The number of allylic oxidation sites excluding steroid dienone is 1. The Bertz CT molecular complexity index is 1180. The van der Waals surface area contributed by atoms with Gasteiger partial charge in [0, 0.05) is 18.0 Å². The first-order chi connectivity index (χ1) is 15.6. The second kappa shape index (κ2) is 10.4. The van der Waals surface area contributed by atoms with Crippen LogP contribution in [0.25, 0.3) is 10.2 Å². The van der Waals surface area contributed by atoms with E-state index < -0.39 is 0 Å². The number of thioether (sulfide) groups is 1. The topological polar surface area (TPSA) is 64.0 Å². The molecule has 0 saturated carbocycles. The van der Waals surface area contributed by atoms with Gasteiger partial charge in [-0.3, -0.25) is 14.2 Å². The number of thiophene rings is 1. The lowest BCUT2D eigenvalue weighted by Crippen LogP contribution is -2.28. The first kappa shape index (κ1) is 22.7. The summed E-state index contributed by atoms with van der Waals surface area (Å²) in [5.41, 5.74) is 2.10. The van der Waals surface area contributed by atoms with E-state index in [0.29, 0.717) is 24.7 Å². The van der Waals surface area contributed by atoms with Gasteiger partial charge in [-0.15, -0.1) is 17.9 Å². The van der Waals surface area contributed by atoms with Crippen molar-refractivity contribution in [1.82, 2.24) is 14.9 Å². The summed E-state index contributed by atoms with van der Waals surface area (Å²) in [7, 11) is 0. The van der Waals surface area contributed by atoms with E-state index in [1.807, 2.05) is 0 Å². The van der Waals surface area contributed by atoms with Crippen LogP contribution in [0.4, 0.5) is 4.39 Å². The summed E-state index contributed by atoms with van der Waals surface area (Å²) in [6, 6.07) is 6.26. The number of hydrogen-bond donors (Lipinski definition) is 1. The zero-order valence-corrected chi connectivity index (χ0v) is 19.5. The van der Waals surface area contributed by atoms with Crippen LogP contribution in [-0.2, 0) is 30.6 Å². The van der Waals surface area contributed by atoms with Crippen LogP contribution in [-0.4, -0.2) is 27.8 Å². The van der Waals surface area contributed by atoms with Gasteiger partial charge in [0.1, 0.15) is 10.6 Å². The third-order valence-electron chi connectivity index (χ3n) is 5.58. The van der Waals surface area contributed by atoms with E-state index in [-0.39, 0.29) is 23.0 Å². The molecule has 1 aromatic carbocycles. The summed E-state index contributed by atoms with van der Waals surface area (Å²) in [6.45, 7) is 4.61. The molecule has 0 aliphatic heterocycles. The van der Waals surface area contributed by atoms with Gasteiger partial charge in [0.05, 0.1) is 11.1 Å². The van der Waals surface area contributed by atoms with E-state index in [0.717, 1.165) is 41.5 Å². The van der Waals surface area contributed by atoms with Crippen molar-refractivity contribution >= 4 is 39.2 Å². The van der Waals surface area contributed by atoms with Gasteiger partial charge in [0.2, 0.25) is 5.91 Å². The molecule has 2 aromatic heterocycles. The van der Waals surface area contributed by atoms with Gasteiger partial charge in [0.15, 0.2) is 5.16 Å². The van der Waals surface area contributed by atoms with Crippen molar-refractivity contribution < 1.29 is 9.18 Å². The van der Waals surface area contributed by atoms with Crippen molar-refractivity contribution in [3.05, 3.63) is 69.1 Å². The van der Waals surface area contributed by atoms with Crippen LogP contribution in [0.2, 0.25) is 0 Å². The summed E-state index contributed by atoms with van der Waals surface area (Å²) >= 11 is 2.90. The molecule has 8 heteroatoms. The number of carbonyl (C=O) groups excluding carboxylic acids is 1.